The van der Waals surface area contributed by atoms with Crippen molar-refractivity contribution in [2.75, 3.05) is 5.32 Å². The lowest BCUT2D eigenvalue weighted by Crippen LogP contribution is -2.61. The molecule has 0 heterocycles. The number of alkyl halides is 13. The highest BCUT2D eigenvalue weighted by Gasteiger charge is 2.80. The lowest BCUT2D eigenvalue weighted by Gasteiger charge is -2.35. The Morgan fingerprint density at radius 3 is 1.84 bits per heavy atom. The molecule has 0 aliphatic rings. The normalized spacial score (nSPS) is 13.5. The topological polar surface area (TPSA) is 56.8 Å². The fraction of sp³-hybridized carbons (Fsp3) is 0.269. The number of hydrogen-bond donors (Lipinski definition) is 1. The molecule has 0 saturated carbocycles. The molecule has 0 unspecified atom stereocenters. The first-order valence-electron chi connectivity index (χ1n) is 11.6. The quantitative estimate of drug-likeness (QED) is 0.199. The van der Waals surface area contributed by atoms with Crippen LogP contribution < -0.4 is 10.1 Å². The van der Waals surface area contributed by atoms with Crippen LogP contribution in [0.4, 0.5) is 62.8 Å². The number of nitrogens with one attached hydrogen (secondary N) is 1. The lowest BCUT2D eigenvalue weighted by molar-refractivity contribution is -0.535. The smallest absolute Gasteiger partial charge is 0.489 e. The maximum Gasteiger partial charge on any atom is 0.527 e. The number of amides is 1. The van der Waals surface area contributed by atoms with E-state index in [4.69, 9.17) is 4.74 Å². The van der Waals surface area contributed by atoms with E-state index in [2.05, 4.69) is 4.74 Å². The Labute approximate surface area is 238 Å². The zero-order valence-corrected chi connectivity index (χ0v) is 21.3. The van der Waals surface area contributed by atoms with Gasteiger partial charge in [-0.25, -0.2) is 9.47 Å². The third kappa shape index (κ3) is 7.71. The average molecular weight is 653 g/mol. The third-order valence-electron chi connectivity index (χ3n) is 5.42. The summed E-state index contributed by atoms with van der Waals surface area (Å²) in [6.45, 7) is 0.0945. The molecular weight excluding hydrogens is 637 g/mol. The van der Waals surface area contributed by atoms with Crippen LogP contribution in [0.25, 0.3) is 0 Å². The van der Waals surface area contributed by atoms with Crippen LogP contribution in [0, 0.1) is 0 Å². The molecule has 0 fully saturated rings. The van der Waals surface area contributed by atoms with Gasteiger partial charge in [-0.05, 0) is 35.9 Å². The van der Waals surface area contributed by atoms with Gasteiger partial charge in [-0.1, -0.05) is 48.5 Å². The summed E-state index contributed by atoms with van der Waals surface area (Å²) in [6.07, 6.45) is -28.0. The third-order valence-corrected chi connectivity index (χ3v) is 5.42. The van der Waals surface area contributed by atoms with Gasteiger partial charge in [0, 0.05) is 16.8 Å². The van der Waals surface area contributed by atoms with E-state index >= 15 is 0 Å². The minimum absolute atomic E-state index is 0.0859. The summed E-state index contributed by atoms with van der Waals surface area (Å²) < 4.78 is 183. The van der Waals surface area contributed by atoms with Gasteiger partial charge in [-0.2, -0.15) is 43.9 Å². The fourth-order valence-corrected chi connectivity index (χ4v) is 3.30. The summed E-state index contributed by atoms with van der Waals surface area (Å²) >= 11 is 0. The molecular formula is C26H16F13NO4. The van der Waals surface area contributed by atoms with Crippen LogP contribution in [-0.4, -0.2) is 36.5 Å². The summed E-state index contributed by atoms with van der Waals surface area (Å²) in [6, 6.07) is 15.7. The van der Waals surface area contributed by atoms with Gasteiger partial charge in [-0.3, -0.25) is 4.79 Å². The average Bonchev–Trinajstić information content (AvgIpc) is 2.90. The van der Waals surface area contributed by atoms with Crippen molar-refractivity contribution in [3.63, 3.8) is 0 Å². The number of anilines is 1. The summed E-state index contributed by atoms with van der Waals surface area (Å²) in [5.41, 5.74) is -1.99. The standard InChI is InChI=1S/C26H16F13NO4/c27-21(28,23(31,32)43-24(33,34)22(29,30)25(35,36)44-26(37,38)39)17-9-5-10-18(13-17)40-20(41)16-8-4-11-19(12-16)42-14-15-6-2-1-3-7-15/h1-13H,14H2,(H,40,41). The van der Waals surface area contributed by atoms with Gasteiger partial charge >= 0.3 is 36.5 Å². The van der Waals surface area contributed by atoms with E-state index in [0.29, 0.717) is 6.07 Å². The lowest BCUT2D eigenvalue weighted by atomic mass is 10.1. The maximum atomic E-state index is 14.6. The van der Waals surface area contributed by atoms with Crippen molar-refractivity contribution in [3.05, 3.63) is 95.6 Å². The Hall–Kier alpha value is -4.06. The first-order valence-corrected chi connectivity index (χ1v) is 11.6. The molecule has 0 radical (unpaired) electrons. The fourth-order valence-electron chi connectivity index (χ4n) is 3.30. The number of halogens is 13. The van der Waals surface area contributed by atoms with Crippen molar-refractivity contribution < 1.29 is 76.1 Å². The minimum Gasteiger partial charge on any atom is -0.489 e. The number of hydrogen-bond acceptors (Lipinski definition) is 4. The molecule has 3 aromatic carbocycles. The molecule has 1 N–H and O–H groups in total. The van der Waals surface area contributed by atoms with E-state index in [1.165, 1.54) is 24.3 Å². The molecule has 0 saturated heterocycles. The predicted octanol–water partition coefficient (Wildman–Crippen LogP) is 8.58. The second-order valence-corrected chi connectivity index (χ2v) is 8.69. The van der Waals surface area contributed by atoms with Crippen LogP contribution >= 0.6 is 0 Å². The van der Waals surface area contributed by atoms with E-state index in [9.17, 15) is 61.9 Å². The zero-order valence-electron chi connectivity index (χ0n) is 21.3. The number of carbonyl (C=O) groups excluding carboxylic acids is 1. The van der Waals surface area contributed by atoms with Crippen LogP contribution in [0.15, 0.2) is 78.9 Å². The molecule has 0 aliphatic carbocycles. The molecule has 5 nitrogen and oxygen atoms in total. The number of rotatable bonds is 12. The van der Waals surface area contributed by atoms with Gasteiger partial charge in [-0.15, -0.1) is 13.2 Å². The van der Waals surface area contributed by atoms with E-state index < -0.39 is 53.7 Å². The van der Waals surface area contributed by atoms with Gasteiger partial charge in [0.25, 0.3) is 5.91 Å². The van der Waals surface area contributed by atoms with Gasteiger partial charge in [0.1, 0.15) is 12.4 Å². The summed E-state index contributed by atoms with van der Waals surface area (Å²) in [5, 5.41) is 2.03. The molecule has 3 aromatic rings. The summed E-state index contributed by atoms with van der Waals surface area (Å²) in [7, 11) is 0. The Kier molecular flexibility index (Phi) is 9.50. The van der Waals surface area contributed by atoms with Crippen LogP contribution in [0.5, 0.6) is 5.75 Å². The number of benzene rings is 3. The van der Waals surface area contributed by atoms with Gasteiger partial charge in [0.15, 0.2) is 0 Å². The van der Waals surface area contributed by atoms with Crippen molar-refractivity contribution in [1.29, 1.82) is 0 Å². The maximum absolute atomic E-state index is 14.6. The Morgan fingerprint density at radius 1 is 0.636 bits per heavy atom. The monoisotopic (exact) mass is 653 g/mol. The Balaban J connectivity index is 1.78. The van der Waals surface area contributed by atoms with E-state index in [1.807, 2.05) is 5.32 Å². The molecule has 0 aromatic heterocycles. The van der Waals surface area contributed by atoms with Crippen molar-refractivity contribution in [2.45, 2.75) is 43.1 Å². The van der Waals surface area contributed by atoms with Gasteiger partial charge in [0.2, 0.25) is 0 Å². The zero-order chi connectivity index (χ0) is 33.2. The first-order chi connectivity index (χ1) is 20.1. The molecule has 0 aliphatic heterocycles. The van der Waals surface area contributed by atoms with E-state index in [-0.39, 0.29) is 30.1 Å². The molecule has 0 bridgehead atoms. The SMILES string of the molecule is O=C(Nc1cccc(C(F)(F)C(F)(F)OC(F)(F)C(F)(F)C(F)(F)OC(F)(F)F)c1)c1cccc(OCc2ccccc2)c1. The largest absolute Gasteiger partial charge is 0.527 e. The Bertz CT molecular complexity index is 1450. The molecule has 0 spiro atoms. The number of carbonyl (C=O) groups is 1. The second kappa shape index (κ2) is 12.1. The van der Waals surface area contributed by atoms with Crippen molar-refractivity contribution in [2.24, 2.45) is 0 Å². The van der Waals surface area contributed by atoms with Gasteiger partial charge in [0.05, 0.1) is 0 Å². The van der Waals surface area contributed by atoms with Crippen LogP contribution in [0.2, 0.25) is 0 Å². The molecule has 44 heavy (non-hydrogen) atoms. The first kappa shape index (κ1) is 34.4. The molecule has 0 atom stereocenters. The van der Waals surface area contributed by atoms with Crippen LogP contribution in [0.3, 0.4) is 0 Å². The minimum atomic E-state index is -7.54. The van der Waals surface area contributed by atoms with Crippen LogP contribution in [0.1, 0.15) is 21.5 Å². The predicted molar refractivity (Wildman–Crippen MR) is 124 cm³/mol. The van der Waals surface area contributed by atoms with Crippen LogP contribution in [-0.2, 0) is 22.0 Å². The highest BCUT2D eigenvalue weighted by molar-refractivity contribution is 6.04. The molecule has 3 rings (SSSR count). The van der Waals surface area contributed by atoms with E-state index in [0.717, 1.165) is 11.6 Å². The van der Waals surface area contributed by atoms with E-state index in [1.54, 1.807) is 35.1 Å². The van der Waals surface area contributed by atoms with Crippen molar-refractivity contribution in [3.8, 4) is 5.75 Å². The highest BCUT2D eigenvalue weighted by atomic mass is 19.4. The summed E-state index contributed by atoms with van der Waals surface area (Å²) in [5.74, 6) is -14.4. The number of ether oxygens (including phenoxy) is 3. The highest BCUT2D eigenvalue weighted by Crippen LogP contribution is 2.54. The second-order valence-electron chi connectivity index (χ2n) is 8.69. The summed E-state index contributed by atoms with van der Waals surface area (Å²) in [4.78, 5) is 12.6. The Morgan fingerprint density at radius 2 is 1.23 bits per heavy atom. The molecule has 1 amide bonds. The molecule has 18 heteroatoms. The van der Waals surface area contributed by atoms with Crippen molar-refractivity contribution in [1.82, 2.24) is 0 Å². The molecule has 240 valence electrons. The van der Waals surface area contributed by atoms with Gasteiger partial charge < -0.3 is 10.1 Å². The van der Waals surface area contributed by atoms with Crippen molar-refractivity contribution >= 4 is 11.6 Å².